The van der Waals surface area contributed by atoms with Crippen molar-refractivity contribution in [1.29, 1.82) is 0 Å². The van der Waals surface area contributed by atoms with Crippen molar-refractivity contribution in [3.05, 3.63) is 30.2 Å². The second kappa shape index (κ2) is 36.6. The van der Waals surface area contributed by atoms with Crippen molar-refractivity contribution in [3.63, 3.8) is 0 Å². The fourth-order valence-electron chi connectivity index (χ4n) is 13.7. The minimum atomic E-state index is -3.82. The minimum Gasteiger partial charge on any atom is -0.450 e. The number of nitrogens with zero attached hydrogens (tertiary/aromatic N) is 5. The van der Waals surface area contributed by atoms with Crippen molar-refractivity contribution in [3.8, 4) is 6.57 Å². The summed E-state index contributed by atoms with van der Waals surface area (Å²) in [5.74, 6) is -3.59. The lowest BCUT2D eigenvalue weighted by Crippen LogP contribution is -2.61. The average Bonchev–Trinajstić information content (AvgIpc) is 1.53. The van der Waals surface area contributed by atoms with E-state index in [0.29, 0.717) is 63.7 Å². The van der Waals surface area contributed by atoms with Gasteiger partial charge < -0.3 is 55.4 Å². The van der Waals surface area contributed by atoms with Crippen LogP contribution in [-0.4, -0.2) is 223 Å². The molecule has 4 aliphatic heterocycles. The Balaban J connectivity index is 0.000000403. The highest BCUT2D eigenvalue weighted by Gasteiger charge is 2.71. The lowest BCUT2D eigenvalue weighted by molar-refractivity contribution is -0.157. The number of esters is 1. The predicted molar refractivity (Wildman–Crippen MR) is 393 cm³/mol. The van der Waals surface area contributed by atoms with Gasteiger partial charge >= 0.3 is 18.2 Å². The van der Waals surface area contributed by atoms with Gasteiger partial charge in [-0.05, 0) is 120 Å². The molecular weight excluding hydrogens is 1360 g/mol. The van der Waals surface area contributed by atoms with Crippen LogP contribution in [0.15, 0.2) is 25.3 Å². The molecule has 4 saturated heterocycles. The number of hydrogen-bond acceptors (Lipinski definition) is 16. The van der Waals surface area contributed by atoms with Crippen molar-refractivity contribution >= 4 is 90.2 Å². The van der Waals surface area contributed by atoms with Gasteiger partial charge in [0.2, 0.25) is 43.7 Å². The summed E-state index contributed by atoms with van der Waals surface area (Å²) in [7, 11) is -11.0. The van der Waals surface area contributed by atoms with Gasteiger partial charge in [0.05, 0.1) is 23.6 Å². The number of carbonyl (C=O) groups excluding carboxylic acids is 9. The van der Waals surface area contributed by atoms with Gasteiger partial charge in [-0.2, -0.15) is 8.61 Å². The maximum absolute atomic E-state index is 14.6. The second-order valence-corrected chi connectivity index (χ2v) is 48.8. The zero-order valence-electron chi connectivity index (χ0n) is 63.1. The van der Waals surface area contributed by atoms with Crippen LogP contribution in [0.1, 0.15) is 153 Å². The summed E-state index contributed by atoms with van der Waals surface area (Å²) < 4.78 is 74.4. The van der Waals surface area contributed by atoms with Crippen molar-refractivity contribution in [2.24, 2.45) is 34.5 Å². The van der Waals surface area contributed by atoms with E-state index in [0.717, 1.165) is 44.8 Å². The Labute approximate surface area is 599 Å². The van der Waals surface area contributed by atoms with E-state index < -0.39 is 132 Å². The highest BCUT2D eigenvalue weighted by molar-refractivity contribution is 7.89. The fraction of sp³-hybridized carbons (Fsp3) is 0.800. The number of aldehydes is 1. The molecule has 6 fully saturated rings. The summed E-state index contributed by atoms with van der Waals surface area (Å²) in [6, 6.07) is -4.78. The van der Waals surface area contributed by atoms with E-state index in [2.05, 4.69) is 97.7 Å². The van der Waals surface area contributed by atoms with Crippen molar-refractivity contribution in [2.75, 3.05) is 63.9 Å². The Kier molecular flexibility index (Phi) is 31.7. The molecule has 100 heavy (non-hydrogen) atoms. The Morgan fingerprint density at radius 2 is 1.04 bits per heavy atom. The summed E-state index contributed by atoms with van der Waals surface area (Å²) in [6.45, 7) is 45.0. The van der Waals surface area contributed by atoms with Gasteiger partial charge in [-0.15, -0.1) is 6.58 Å². The summed E-state index contributed by atoms with van der Waals surface area (Å²) in [5.41, 5.74) is -2.15. The van der Waals surface area contributed by atoms with Crippen LogP contribution < -0.4 is 26.6 Å². The Morgan fingerprint density at radius 1 is 0.640 bits per heavy atom. The molecule has 0 radical (unpaired) electrons. The van der Waals surface area contributed by atoms with Crippen molar-refractivity contribution in [1.82, 2.24) is 45.0 Å². The molecule has 2 saturated carbocycles. The number of sulfonamides is 2. The van der Waals surface area contributed by atoms with Crippen LogP contribution in [0, 0.1) is 41.1 Å². The summed E-state index contributed by atoms with van der Waals surface area (Å²) >= 11 is 0. The van der Waals surface area contributed by atoms with Crippen LogP contribution >= 0.6 is 0 Å². The molecule has 0 aromatic carbocycles. The van der Waals surface area contributed by atoms with E-state index in [-0.39, 0.29) is 91.2 Å². The average molecular weight is 1480 g/mol. The topological polar surface area (TPSA) is 327 Å². The van der Waals surface area contributed by atoms with Crippen LogP contribution in [0.25, 0.3) is 4.85 Å². The third kappa shape index (κ3) is 26.5. The highest BCUT2D eigenvalue weighted by Crippen LogP contribution is 2.66. The number of nitrogens with one attached hydrogen (secondary N) is 5. The molecule has 0 bridgehead atoms. The molecule has 1 unspecified atom stereocenters. The van der Waals surface area contributed by atoms with Gasteiger partial charge in [-0.25, -0.2) is 26.4 Å². The zero-order chi connectivity index (χ0) is 75.7. The number of fused-ring (bicyclic) bond motifs is 6. The summed E-state index contributed by atoms with van der Waals surface area (Å²) in [5, 5.41) is 13.9. The number of alkyl carbamates (subject to hydrolysis) is 2. The predicted octanol–water partition coefficient (Wildman–Crippen LogP) is 7.91. The lowest BCUT2D eigenvalue weighted by Gasteiger charge is -2.36. The molecule has 0 aromatic heterocycles. The van der Waals surface area contributed by atoms with Gasteiger partial charge in [0, 0.05) is 68.9 Å². The maximum Gasteiger partial charge on any atom is 0.408 e. The van der Waals surface area contributed by atoms with Crippen LogP contribution in [0.5, 0.6) is 0 Å². The third-order valence-electron chi connectivity index (χ3n) is 19.5. The Morgan fingerprint density at radius 3 is 1.40 bits per heavy atom. The van der Waals surface area contributed by atoms with E-state index in [1.54, 1.807) is 47.6 Å². The van der Waals surface area contributed by atoms with Gasteiger partial charge in [-0.1, -0.05) is 136 Å². The third-order valence-corrected chi connectivity index (χ3v) is 27.4. The number of rotatable bonds is 17. The van der Waals surface area contributed by atoms with Crippen LogP contribution in [0.3, 0.4) is 0 Å². The zero-order valence-corrected chi connectivity index (χ0v) is 66.8. The lowest BCUT2D eigenvalue weighted by atomic mass is 9.97. The number of amides is 7. The molecule has 11 atom stereocenters. The van der Waals surface area contributed by atoms with Gasteiger partial charge in [0.15, 0.2) is 6.10 Å². The molecule has 4 heterocycles. The fourth-order valence-corrected chi connectivity index (χ4v) is 22.8. The van der Waals surface area contributed by atoms with E-state index in [1.165, 1.54) is 31.4 Å². The van der Waals surface area contributed by atoms with Crippen LogP contribution in [0.2, 0.25) is 51.4 Å². The smallest absolute Gasteiger partial charge is 0.408 e. The first-order chi connectivity index (χ1) is 46.2. The van der Waals surface area contributed by atoms with E-state index in [1.807, 2.05) is 13.8 Å². The normalized spacial score (nSPS) is 27.0. The van der Waals surface area contributed by atoms with Crippen molar-refractivity contribution < 1.29 is 74.2 Å². The first-order valence-electron chi connectivity index (χ1n) is 35.8. The molecule has 0 aromatic rings. The van der Waals surface area contributed by atoms with E-state index in [4.69, 9.17) is 20.8 Å². The van der Waals surface area contributed by atoms with Crippen LogP contribution in [0.4, 0.5) is 9.59 Å². The molecule has 6 aliphatic rings. The van der Waals surface area contributed by atoms with Gasteiger partial charge in [-0.3, -0.25) is 28.8 Å². The second-order valence-electron chi connectivity index (χ2n) is 33.3. The van der Waals surface area contributed by atoms with Crippen molar-refractivity contribution in [2.45, 2.75) is 258 Å². The van der Waals surface area contributed by atoms with Gasteiger partial charge in [0.25, 0.3) is 19.0 Å². The Bertz CT molecular complexity index is 3160. The molecule has 6 rings (SSSR count). The van der Waals surface area contributed by atoms with Crippen LogP contribution in [-0.2, 0) is 67.8 Å². The number of ether oxygens (including phenoxy) is 3. The minimum absolute atomic E-state index is 0.0176. The molecule has 7 amide bonds. The van der Waals surface area contributed by atoms with E-state index >= 15 is 0 Å². The SMILES string of the molecule is C#[N+]CC=C.C=CCNC(=O)C(OC(C)=O)[C@@H]1CCCCCCCN(S(=O)(=O)CC[Si](C)(C)C)C[C@H](NC(=O)OC(C)(C)C)C(=O)N2C[C@H]3[C@@H]([C@H]2C(=O)N1)C3(C)C.CC(C)(C)OC(=O)N[C@H]1CN(S(=O)(=O)CC[Si](C)(C)C)CCCCCCC[C@@H](C=O)NC(=O)[C@@H]2[C@@H]3[C@H](CN2C1=O)C3(C)C. The first kappa shape index (κ1) is 86.7. The highest BCUT2D eigenvalue weighted by atomic mass is 32.2. The molecule has 30 heteroatoms. The number of carbonyl (C=O) groups is 9. The standard InChI is InChI=1S/C36H63N5O9SSi.C30H54N4O7SSi.C4H6N/c1-11-18-37-32(44)30(49-24(2)42)26-17-15-13-12-14-16-19-40(51(47,48)20-21-52(8,9)10)23-27(39-34(46)50-35(3,4)5)33(45)41-22-25-28(36(25,6)7)29(41)31(43)38-26;1-29(2,3)41-28(38)32-23-19-33(42(39,40)16-17-43(6,7)8)15-13-11-9-10-12-14-21(20-35)31-26(36)25-24-22(30(24,4)5)18-34(25)27(23)37;1-3-4-5-2/h11,25-30H,1,12-23H2,2-10H3,(H,37,44)(H,38,43)(H,39,46);20-25H,9-19H2,1-8H3,(H,31,36)(H,32,38);2-3H,1,4H2/q;;+1/t25-,26-,27-,28-,29-,30?;21-,22-,23-,24-,25-;/m00./s1. The molecule has 568 valence electrons. The first-order valence-corrected chi connectivity index (χ1v) is 46.4. The van der Waals surface area contributed by atoms with E-state index in [9.17, 15) is 60.0 Å². The monoisotopic (exact) mass is 1480 g/mol. The maximum atomic E-state index is 14.6. The quantitative estimate of drug-likeness (QED) is 0.0304. The molecule has 2 aliphatic carbocycles. The molecular formula is C70H123N10O16S2Si2+. The largest absolute Gasteiger partial charge is 0.450 e. The molecule has 0 spiro atoms. The molecule has 26 nitrogen and oxygen atoms in total. The Hall–Kier alpha value is -5.75. The summed E-state index contributed by atoms with van der Waals surface area (Å²) in [6.07, 6.45) is 8.87. The molecule has 5 N–H and O–H groups in total. The number of piperidine rings is 2. The summed E-state index contributed by atoms with van der Waals surface area (Å²) in [4.78, 5) is 127. The van der Waals surface area contributed by atoms with Gasteiger partial charge in [0.1, 0.15) is 41.7 Å². The number of hydrogen-bond donors (Lipinski definition) is 5.